The molecule has 4 aromatic rings. The number of amides is 1. The number of hydrogen-bond acceptors (Lipinski definition) is 6. The first-order chi connectivity index (χ1) is 15.1. The van der Waals surface area contributed by atoms with Gasteiger partial charge in [-0.1, -0.05) is 6.07 Å². The van der Waals surface area contributed by atoms with Crippen LogP contribution in [-0.4, -0.2) is 46.2 Å². The highest BCUT2D eigenvalue weighted by Crippen LogP contribution is 2.33. The Balaban J connectivity index is 1.56. The lowest BCUT2D eigenvalue weighted by molar-refractivity contribution is 0.0940. The summed E-state index contributed by atoms with van der Waals surface area (Å²) in [5.74, 6) is 1.13. The Hall–Kier alpha value is -3.59. The minimum atomic E-state index is -0.211. The van der Waals surface area contributed by atoms with Gasteiger partial charge in [0.1, 0.15) is 23.2 Å². The molecule has 0 unspecified atom stereocenters. The third-order valence-corrected chi connectivity index (χ3v) is 5.94. The fourth-order valence-corrected chi connectivity index (χ4v) is 4.20. The molecule has 4 rings (SSSR count). The molecular weight excluding hydrogens is 414 g/mol. The van der Waals surface area contributed by atoms with Gasteiger partial charge in [-0.25, -0.2) is 0 Å². The quantitative estimate of drug-likeness (QED) is 0.457. The summed E-state index contributed by atoms with van der Waals surface area (Å²) in [7, 11) is 4.95. The van der Waals surface area contributed by atoms with Gasteiger partial charge in [0.2, 0.25) is 0 Å². The number of nitrogens with one attached hydrogen (secondary N) is 1. The SMILES string of the molecule is COc1ccc(OC)c(-c2cc(C(=O)NC[C@@H](c3cccs3)n3cccn3)n(C)n2)c1. The van der Waals surface area contributed by atoms with E-state index in [1.54, 1.807) is 49.5 Å². The van der Waals surface area contributed by atoms with Crippen LogP contribution in [0, 0.1) is 0 Å². The number of aromatic nitrogens is 4. The van der Waals surface area contributed by atoms with Gasteiger partial charge in [-0.05, 0) is 41.8 Å². The van der Waals surface area contributed by atoms with Crippen molar-refractivity contribution < 1.29 is 14.3 Å². The van der Waals surface area contributed by atoms with Gasteiger partial charge in [0.15, 0.2) is 0 Å². The van der Waals surface area contributed by atoms with E-state index < -0.39 is 0 Å². The molecule has 1 atom stereocenters. The molecule has 0 spiro atoms. The van der Waals surface area contributed by atoms with Gasteiger partial charge in [0.25, 0.3) is 5.91 Å². The zero-order chi connectivity index (χ0) is 21.8. The summed E-state index contributed by atoms with van der Waals surface area (Å²) in [5, 5.41) is 13.9. The molecule has 0 aliphatic rings. The molecule has 31 heavy (non-hydrogen) atoms. The summed E-state index contributed by atoms with van der Waals surface area (Å²) >= 11 is 1.63. The molecule has 0 aliphatic heterocycles. The predicted octanol–water partition coefficient (Wildman–Crippen LogP) is 3.38. The van der Waals surface area contributed by atoms with Crippen molar-refractivity contribution >= 4 is 17.2 Å². The summed E-state index contributed by atoms with van der Waals surface area (Å²) in [4.78, 5) is 14.1. The zero-order valence-corrected chi connectivity index (χ0v) is 18.3. The lowest BCUT2D eigenvalue weighted by Gasteiger charge is -2.17. The number of rotatable bonds is 8. The van der Waals surface area contributed by atoms with E-state index in [1.807, 2.05) is 52.7 Å². The van der Waals surface area contributed by atoms with Crippen LogP contribution in [0.2, 0.25) is 0 Å². The number of methoxy groups -OCH3 is 2. The van der Waals surface area contributed by atoms with Crippen molar-refractivity contribution in [3.8, 4) is 22.8 Å². The standard InChI is InChI=1S/C22H23N5O3S/c1-26-18(13-17(25-26)16-12-15(29-2)7-8-20(16)30-3)22(28)23-14-19(21-6-4-11-31-21)27-10-5-9-24-27/h4-13,19H,14H2,1-3H3,(H,23,28)/t19-/m0/s1. The van der Waals surface area contributed by atoms with Crippen LogP contribution in [0.5, 0.6) is 11.5 Å². The minimum Gasteiger partial charge on any atom is -0.497 e. The molecule has 0 aliphatic carbocycles. The summed E-state index contributed by atoms with van der Waals surface area (Å²) in [6.07, 6.45) is 3.63. The molecule has 0 saturated heterocycles. The van der Waals surface area contributed by atoms with Crippen LogP contribution in [0.4, 0.5) is 0 Å². The third-order valence-electron chi connectivity index (χ3n) is 4.97. The Morgan fingerprint density at radius 2 is 2.06 bits per heavy atom. The molecule has 0 radical (unpaired) electrons. The first-order valence-corrected chi connectivity index (χ1v) is 10.6. The number of aryl methyl sites for hydroxylation is 1. The van der Waals surface area contributed by atoms with Crippen molar-refractivity contribution in [3.05, 3.63) is 70.8 Å². The molecule has 1 aromatic carbocycles. The summed E-state index contributed by atoms with van der Waals surface area (Å²) in [6, 6.07) is 13.1. The molecule has 3 aromatic heterocycles. The molecule has 3 heterocycles. The van der Waals surface area contributed by atoms with Crippen LogP contribution in [0.3, 0.4) is 0 Å². The van der Waals surface area contributed by atoms with Gasteiger partial charge in [0, 0.05) is 36.4 Å². The monoisotopic (exact) mass is 437 g/mol. The Kier molecular flexibility index (Phi) is 6.03. The maximum absolute atomic E-state index is 13.0. The highest BCUT2D eigenvalue weighted by atomic mass is 32.1. The van der Waals surface area contributed by atoms with Crippen molar-refractivity contribution in [2.45, 2.75) is 6.04 Å². The van der Waals surface area contributed by atoms with Crippen molar-refractivity contribution in [1.29, 1.82) is 0 Å². The Labute approximate surface area is 184 Å². The molecule has 0 saturated carbocycles. The predicted molar refractivity (Wildman–Crippen MR) is 119 cm³/mol. The number of carbonyl (C=O) groups is 1. The molecule has 0 fully saturated rings. The van der Waals surface area contributed by atoms with Crippen LogP contribution in [0.15, 0.2) is 60.2 Å². The summed E-state index contributed by atoms with van der Waals surface area (Å²) in [6.45, 7) is 0.407. The van der Waals surface area contributed by atoms with Crippen molar-refractivity contribution in [2.24, 2.45) is 7.05 Å². The number of thiophene rings is 1. The highest BCUT2D eigenvalue weighted by Gasteiger charge is 2.20. The van der Waals surface area contributed by atoms with E-state index in [-0.39, 0.29) is 11.9 Å². The fraction of sp³-hybridized carbons (Fsp3) is 0.227. The van der Waals surface area contributed by atoms with E-state index in [4.69, 9.17) is 9.47 Å². The van der Waals surface area contributed by atoms with Crippen LogP contribution in [-0.2, 0) is 7.05 Å². The first kappa shape index (κ1) is 20.7. The fourth-order valence-electron chi connectivity index (χ4n) is 3.38. The van der Waals surface area contributed by atoms with Crippen molar-refractivity contribution in [2.75, 3.05) is 20.8 Å². The Bertz CT molecular complexity index is 1120. The van der Waals surface area contributed by atoms with E-state index >= 15 is 0 Å². The number of hydrogen-bond donors (Lipinski definition) is 1. The lowest BCUT2D eigenvalue weighted by atomic mass is 10.1. The van der Waals surface area contributed by atoms with Crippen molar-refractivity contribution in [3.63, 3.8) is 0 Å². The smallest absolute Gasteiger partial charge is 0.269 e. The number of nitrogens with zero attached hydrogens (tertiary/aromatic N) is 4. The molecule has 9 heteroatoms. The van der Waals surface area contributed by atoms with Crippen LogP contribution < -0.4 is 14.8 Å². The van der Waals surface area contributed by atoms with E-state index in [2.05, 4.69) is 15.5 Å². The second kappa shape index (κ2) is 9.05. The van der Waals surface area contributed by atoms with Crippen LogP contribution in [0.1, 0.15) is 21.4 Å². The van der Waals surface area contributed by atoms with E-state index in [9.17, 15) is 4.79 Å². The topological polar surface area (TPSA) is 83.2 Å². The van der Waals surface area contributed by atoms with Crippen LogP contribution >= 0.6 is 11.3 Å². The average Bonchev–Trinajstić information content (AvgIpc) is 3.56. The van der Waals surface area contributed by atoms with E-state index in [0.29, 0.717) is 29.4 Å². The Morgan fingerprint density at radius 3 is 2.74 bits per heavy atom. The van der Waals surface area contributed by atoms with E-state index in [1.165, 1.54) is 0 Å². The van der Waals surface area contributed by atoms with Crippen molar-refractivity contribution in [1.82, 2.24) is 24.9 Å². The number of ether oxygens (including phenoxy) is 2. The largest absolute Gasteiger partial charge is 0.497 e. The number of carbonyl (C=O) groups excluding carboxylic acids is 1. The first-order valence-electron chi connectivity index (χ1n) is 9.68. The maximum Gasteiger partial charge on any atom is 0.269 e. The van der Waals surface area contributed by atoms with Crippen LogP contribution in [0.25, 0.3) is 11.3 Å². The van der Waals surface area contributed by atoms with E-state index in [0.717, 1.165) is 10.4 Å². The maximum atomic E-state index is 13.0. The minimum absolute atomic E-state index is 0.0786. The van der Waals surface area contributed by atoms with Gasteiger partial charge in [-0.3, -0.25) is 14.2 Å². The average molecular weight is 438 g/mol. The molecule has 8 nitrogen and oxygen atoms in total. The second-order valence-electron chi connectivity index (χ2n) is 6.83. The summed E-state index contributed by atoms with van der Waals surface area (Å²) < 4.78 is 14.2. The Morgan fingerprint density at radius 1 is 1.19 bits per heavy atom. The van der Waals surface area contributed by atoms with Gasteiger partial charge in [0.05, 0.1) is 19.9 Å². The molecular formula is C22H23N5O3S. The molecule has 1 N–H and O–H groups in total. The normalized spacial score (nSPS) is 11.8. The summed E-state index contributed by atoms with van der Waals surface area (Å²) in [5.41, 5.74) is 1.83. The highest BCUT2D eigenvalue weighted by molar-refractivity contribution is 7.10. The molecule has 160 valence electrons. The lowest BCUT2D eigenvalue weighted by Crippen LogP contribution is -2.32. The molecule has 1 amide bonds. The zero-order valence-electron chi connectivity index (χ0n) is 17.5. The van der Waals surface area contributed by atoms with Gasteiger partial charge in [-0.2, -0.15) is 10.2 Å². The molecule has 0 bridgehead atoms. The second-order valence-corrected chi connectivity index (χ2v) is 7.81. The van der Waals surface area contributed by atoms with Gasteiger partial charge < -0.3 is 14.8 Å². The van der Waals surface area contributed by atoms with Gasteiger partial charge in [-0.15, -0.1) is 11.3 Å². The third kappa shape index (κ3) is 4.31. The number of benzene rings is 1. The van der Waals surface area contributed by atoms with Gasteiger partial charge >= 0.3 is 0 Å².